The van der Waals surface area contributed by atoms with Crippen LogP contribution >= 0.6 is 11.8 Å². The summed E-state index contributed by atoms with van der Waals surface area (Å²) in [6.07, 6.45) is 2.14. The van der Waals surface area contributed by atoms with Gasteiger partial charge in [-0.2, -0.15) is 0 Å². The molecule has 3 aromatic rings. The lowest BCUT2D eigenvalue weighted by Crippen LogP contribution is -2.45. The Balaban J connectivity index is 2.07. The van der Waals surface area contributed by atoms with Gasteiger partial charge >= 0.3 is 5.97 Å². The van der Waals surface area contributed by atoms with Gasteiger partial charge in [-0.1, -0.05) is 51.1 Å². The van der Waals surface area contributed by atoms with Crippen molar-refractivity contribution in [3.8, 4) is 11.1 Å². The Kier molecular flexibility index (Phi) is 13.7. The lowest BCUT2D eigenvalue weighted by atomic mass is 9.83. The van der Waals surface area contributed by atoms with Crippen molar-refractivity contribution in [1.29, 1.82) is 0 Å². The van der Waals surface area contributed by atoms with E-state index >= 15 is 4.39 Å². The molecular weight excluding hydrogens is 640 g/mol. The number of benzene rings is 2. The van der Waals surface area contributed by atoms with E-state index in [0.29, 0.717) is 24.2 Å². The number of halogens is 2. The summed E-state index contributed by atoms with van der Waals surface area (Å²) in [7, 11) is 0. The van der Waals surface area contributed by atoms with Crippen LogP contribution < -0.4 is 16.4 Å². The molecular formula is C35H45F2N5O5S. The minimum absolute atomic E-state index is 0.0352. The van der Waals surface area contributed by atoms with Gasteiger partial charge in [0.05, 0.1) is 17.8 Å². The van der Waals surface area contributed by atoms with E-state index in [4.69, 9.17) is 5.73 Å². The predicted octanol–water partition coefficient (Wildman–Crippen LogP) is 4.57. The van der Waals surface area contributed by atoms with Crippen LogP contribution in [0.4, 0.5) is 8.78 Å². The second-order valence-corrected chi connectivity index (χ2v) is 13.8. The molecule has 1 aromatic heterocycles. The van der Waals surface area contributed by atoms with Gasteiger partial charge in [0.2, 0.25) is 17.7 Å². The Labute approximate surface area is 284 Å². The molecule has 3 amide bonds. The van der Waals surface area contributed by atoms with E-state index in [1.807, 2.05) is 55.7 Å². The second-order valence-electron chi connectivity index (χ2n) is 12.8. The van der Waals surface area contributed by atoms with E-state index in [-0.39, 0.29) is 42.0 Å². The van der Waals surface area contributed by atoms with Gasteiger partial charge in [-0.3, -0.25) is 14.4 Å². The minimum atomic E-state index is -1.21. The maximum atomic E-state index is 15.1. The van der Waals surface area contributed by atoms with Crippen molar-refractivity contribution < 1.29 is 33.1 Å². The standard InChI is InChI=1S/C35H45F2N5O5S/c1-22(38)33(45)39-14-9-15-42(31(44)21-48-20-29(34(46)47)40-23(2)43)32(35(3,4)5)30-16-25(27-17-26(36)12-13-28(27)37)19-41(30)18-24-10-7-6-8-11-24/h6-8,10-13,16-17,19,22,29,32H,9,14-15,18,20-21,38H2,1-5H3,(H,39,45)(H,40,43)(H,46,47)/t22-,29-,32-/m0/s1. The molecule has 0 aliphatic rings. The third-order valence-electron chi connectivity index (χ3n) is 7.57. The first-order valence-corrected chi connectivity index (χ1v) is 16.8. The molecule has 0 bridgehead atoms. The predicted molar refractivity (Wildman–Crippen MR) is 183 cm³/mol. The minimum Gasteiger partial charge on any atom is -0.480 e. The Morgan fingerprint density at radius 2 is 1.75 bits per heavy atom. The van der Waals surface area contributed by atoms with Gasteiger partial charge in [0.25, 0.3) is 0 Å². The quantitative estimate of drug-likeness (QED) is 0.162. The van der Waals surface area contributed by atoms with Gasteiger partial charge in [0, 0.05) is 55.3 Å². The summed E-state index contributed by atoms with van der Waals surface area (Å²) in [6.45, 7) is 9.58. The zero-order chi connectivity index (χ0) is 35.6. The van der Waals surface area contributed by atoms with Crippen LogP contribution in [-0.2, 0) is 25.7 Å². The van der Waals surface area contributed by atoms with Crippen molar-refractivity contribution >= 4 is 35.5 Å². The fourth-order valence-corrected chi connectivity index (χ4v) is 6.32. The highest BCUT2D eigenvalue weighted by Gasteiger charge is 2.37. The molecule has 260 valence electrons. The van der Waals surface area contributed by atoms with Gasteiger partial charge < -0.3 is 30.9 Å². The lowest BCUT2D eigenvalue weighted by Gasteiger charge is -2.41. The molecule has 0 aliphatic carbocycles. The number of nitrogens with one attached hydrogen (secondary N) is 2. The molecule has 0 spiro atoms. The largest absolute Gasteiger partial charge is 0.480 e. The third kappa shape index (κ3) is 10.9. The van der Waals surface area contributed by atoms with Crippen molar-refractivity contribution in [2.45, 2.75) is 65.7 Å². The Morgan fingerprint density at radius 3 is 2.35 bits per heavy atom. The van der Waals surface area contributed by atoms with Crippen molar-refractivity contribution in [2.24, 2.45) is 11.1 Å². The highest BCUT2D eigenvalue weighted by molar-refractivity contribution is 8.00. The monoisotopic (exact) mass is 685 g/mol. The van der Waals surface area contributed by atoms with E-state index in [0.717, 1.165) is 35.5 Å². The summed E-state index contributed by atoms with van der Waals surface area (Å²) in [4.78, 5) is 51.1. The van der Waals surface area contributed by atoms with Crippen LogP contribution in [0.3, 0.4) is 0 Å². The molecule has 0 saturated heterocycles. The summed E-state index contributed by atoms with van der Waals surface area (Å²) in [5.41, 5.74) is 7.27. The molecule has 2 aromatic carbocycles. The normalized spacial score (nSPS) is 13.3. The van der Waals surface area contributed by atoms with Gasteiger partial charge in [-0.25, -0.2) is 13.6 Å². The van der Waals surface area contributed by atoms with Gasteiger partial charge in [-0.15, -0.1) is 11.8 Å². The number of hydrogen-bond donors (Lipinski definition) is 4. The van der Waals surface area contributed by atoms with Crippen LogP contribution in [0.15, 0.2) is 60.8 Å². The van der Waals surface area contributed by atoms with E-state index in [9.17, 15) is 28.7 Å². The number of nitrogens with two attached hydrogens (primary N) is 1. The fraction of sp³-hybridized carbons (Fsp3) is 0.429. The Bertz CT molecular complexity index is 1570. The van der Waals surface area contributed by atoms with Crippen LogP contribution in [-0.4, -0.2) is 74.9 Å². The second kappa shape index (κ2) is 17.3. The number of nitrogens with zero attached hydrogens (tertiary/aromatic N) is 2. The van der Waals surface area contributed by atoms with Crippen LogP contribution in [0.25, 0.3) is 11.1 Å². The number of amides is 3. The van der Waals surface area contributed by atoms with Gasteiger partial charge in [0.1, 0.15) is 17.7 Å². The molecule has 1 heterocycles. The highest BCUT2D eigenvalue weighted by Crippen LogP contribution is 2.41. The molecule has 5 N–H and O–H groups in total. The van der Waals surface area contributed by atoms with Crippen LogP contribution in [0.5, 0.6) is 0 Å². The first-order chi connectivity index (χ1) is 22.6. The van der Waals surface area contributed by atoms with Crippen molar-refractivity contribution in [2.75, 3.05) is 24.6 Å². The molecule has 0 aliphatic heterocycles. The maximum Gasteiger partial charge on any atom is 0.327 e. The molecule has 48 heavy (non-hydrogen) atoms. The number of carbonyl (C=O) groups excluding carboxylic acids is 3. The van der Waals surface area contributed by atoms with E-state index in [1.165, 1.54) is 6.92 Å². The van der Waals surface area contributed by atoms with Crippen molar-refractivity contribution in [3.63, 3.8) is 0 Å². The van der Waals surface area contributed by atoms with Crippen LogP contribution in [0.1, 0.15) is 58.3 Å². The number of rotatable bonds is 16. The van der Waals surface area contributed by atoms with E-state index in [1.54, 1.807) is 24.1 Å². The summed E-state index contributed by atoms with van der Waals surface area (Å²) in [6, 6.07) is 12.2. The Hall–Kier alpha value is -4.23. The van der Waals surface area contributed by atoms with E-state index in [2.05, 4.69) is 10.6 Å². The lowest BCUT2D eigenvalue weighted by molar-refractivity contribution is -0.140. The SMILES string of the molecule is CC(=O)N[C@@H](CSCC(=O)N(CCCNC(=O)[C@H](C)N)[C@@H](c1cc(-c2cc(F)ccc2F)cn1Cc1ccccc1)C(C)(C)C)C(=O)O. The average Bonchev–Trinajstić information content (AvgIpc) is 3.40. The fourth-order valence-electron chi connectivity index (χ4n) is 5.40. The summed E-state index contributed by atoms with van der Waals surface area (Å²) in [5.74, 6) is -3.63. The molecule has 0 fully saturated rings. The molecule has 0 unspecified atom stereocenters. The zero-order valence-electron chi connectivity index (χ0n) is 28.0. The number of aliphatic carboxylic acids is 1. The first-order valence-electron chi connectivity index (χ1n) is 15.7. The zero-order valence-corrected chi connectivity index (χ0v) is 28.8. The maximum absolute atomic E-state index is 15.1. The molecule has 3 atom stereocenters. The number of carboxylic acid groups (broad SMARTS) is 1. The summed E-state index contributed by atoms with van der Waals surface area (Å²) in [5, 5.41) is 14.7. The topological polar surface area (TPSA) is 147 Å². The van der Waals surface area contributed by atoms with Crippen LogP contribution in [0.2, 0.25) is 0 Å². The number of aromatic nitrogens is 1. The van der Waals surface area contributed by atoms with Gasteiger partial charge in [-0.05, 0) is 48.6 Å². The van der Waals surface area contributed by atoms with Crippen molar-refractivity contribution in [3.05, 3.63) is 83.7 Å². The molecule has 13 heteroatoms. The summed E-state index contributed by atoms with van der Waals surface area (Å²) < 4.78 is 31.3. The number of hydrogen-bond acceptors (Lipinski definition) is 6. The van der Waals surface area contributed by atoms with Crippen LogP contribution in [0, 0.1) is 17.0 Å². The number of carboxylic acids is 1. The number of thioether (sulfide) groups is 1. The first kappa shape index (κ1) is 38.2. The molecule has 10 nitrogen and oxygen atoms in total. The van der Waals surface area contributed by atoms with Crippen molar-refractivity contribution in [1.82, 2.24) is 20.1 Å². The molecule has 0 radical (unpaired) electrons. The highest BCUT2D eigenvalue weighted by atomic mass is 32.2. The average molecular weight is 686 g/mol. The molecule has 0 saturated carbocycles. The number of carbonyl (C=O) groups is 4. The third-order valence-corrected chi connectivity index (χ3v) is 8.59. The smallest absolute Gasteiger partial charge is 0.327 e. The van der Waals surface area contributed by atoms with Gasteiger partial charge in [0.15, 0.2) is 0 Å². The Morgan fingerprint density at radius 1 is 1.06 bits per heavy atom. The van der Waals surface area contributed by atoms with E-state index < -0.39 is 47.1 Å². The molecule has 3 rings (SSSR count). The summed E-state index contributed by atoms with van der Waals surface area (Å²) >= 11 is 1.08.